The number of nitrogens with one attached hydrogen (secondary N) is 1. The molecular formula is C18H27FN4O. The Hall–Kier alpha value is -1.66. The van der Waals surface area contributed by atoms with E-state index in [4.69, 9.17) is 0 Å². The summed E-state index contributed by atoms with van der Waals surface area (Å²) >= 11 is 0. The first kappa shape index (κ1) is 17.2. The lowest BCUT2D eigenvalue weighted by Gasteiger charge is -2.39. The van der Waals surface area contributed by atoms with Crippen molar-refractivity contribution >= 4 is 11.6 Å². The molecule has 1 unspecified atom stereocenters. The smallest absolute Gasteiger partial charge is 0.239 e. The van der Waals surface area contributed by atoms with Crippen molar-refractivity contribution in [3.63, 3.8) is 0 Å². The average Bonchev–Trinajstić information content (AvgIpc) is 2.91. The molecule has 1 N–H and O–H groups in total. The molecule has 3 rings (SSSR count). The molecule has 2 saturated heterocycles. The Bertz CT molecular complexity index is 534. The van der Waals surface area contributed by atoms with Crippen LogP contribution in [0.3, 0.4) is 0 Å². The zero-order chi connectivity index (χ0) is 16.9. The molecule has 0 saturated carbocycles. The molecule has 1 atom stereocenters. The van der Waals surface area contributed by atoms with Gasteiger partial charge in [0.25, 0.3) is 0 Å². The molecule has 24 heavy (non-hydrogen) atoms. The second-order valence-electron chi connectivity index (χ2n) is 6.60. The van der Waals surface area contributed by atoms with Gasteiger partial charge in [0.05, 0.1) is 6.04 Å². The van der Waals surface area contributed by atoms with Crippen LogP contribution in [-0.4, -0.2) is 74.1 Å². The molecular weight excluding hydrogens is 307 g/mol. The van der Waals surface area contributed by atoms with Crippen LogP contribution in [0.25, 0.3) is 0 Å². The van der Waals surface area contributed by atoms with Gasteiger partial charge in [0.2, 0.25) is 5.91 Å². The highest BCUT2D eigenvalue weighted by Gasteiger charge is 2.29. The summed E-state index contributed by atoms with van der Waals surface area (Å²) in [5, 5.41) is 3.34. The van der Waals surface area contributed by atoms with Crippen LogP contribution in [0.5, 0.6) is 0 Å². The highest BCUT2D eigenvalue weighted by molar-refractivity contribution is 5.81. The van der Waals surface area contributed by atoms with E-state index in [-0.39, 0.29) is 17.8 Å². The van der Waals surface area contributed by atoms with Crippen molar-refractivity contribution < 1.29 is 9.18 Å². The molecule has 1 aromatic rings. The maximum atomic E-state index is 13.0. The number of hydrogen-bond donors (Lipinski definition) is 1. The number of halogens is 1. The van der Waals surface area contributed by atoms with Crippen LogP contribution in [0, 0.1) is 5.82 Å². The molecule has 0 aliphatic carbocycles. The zero-order valence-corrected chi connectivity index (χ0v) is 14.4. The lowest BCUT2D eigenvalue weighted by molar-refractivity contribution is -0.136. The van der Waals surface area contributed by atoms with Crippen molar-refractivity contribution in [3.8, 4) is 0 Å². The van der Waals surface area contributed by atoms with Gasteiger partial charge in [0.1, 0.15) is 5.82 Å². The SMILES string of the molecule is CC(C(=O)N1CCCNCC1)N1CCN(c2ccc(F)cc2)CC1. The van der Waals surface area contributed by atoms with Gasteiger partial charge in [-0.2, -0.15) is 0 Å². The normalized spacial score (nSPS) is 21.4. The first-order chi connectivity index (χ1) is 11.6. The minimum atomic E-state index is -0.205. The number of carbonyl (C=O) groups is 1. The van der Waals surface area contributed by atoms with Crippen LogP contribution < -0.4 is 10.2 Å². The van der Waals surface area contributed by atoms with E-state index < -0.39 is 0 Å². The number of nitrogens with zero attached hydrogens (tertiary/aromatic N) is 3. The second-order valence-corrected chi connectivity index (χ2v) is 6.60. The molecule has 0 aromatic heterocycles. The molecule has 6 heteroatoms. The van der Waals surface area contributed by atoms with Crippen LogP contribution in [0.2, 0.25) is 0 Å². The van der Waals surface area contributed by atoms with Crippen LogP contribution in [0.15, 0.2) is 24.3 Å². The minimum absolute atomic E-state index is 0.0709. The molecule has 2 fully saturated rings. The maximum Gasteiger partial charge on any atom is 0.239 e. The van der Waals surface area contributed by atoms with E-state index in [2.05, 4.69) is 15.1 Å². The largest absolute Gasteiger partial charge is 0.369 e. The first-order valence-electron chi connectivity index (χ1n) is 8.89. The van der Waals surface area contributed by atoms with Crippen LogP contribution in [0.1, 0.15) is 13.3 Å². The van der Waals surface area contributed by atoms with E-state index in [0.29, 0.717) is 0 Å². The highest BCUT2D eigenvalue weighted by atomic mass is 19.1. The third kappa shape index (κ3) is 4.05. The third-order valence-corrected chi connectivity index (χ3v) is 5.06. The van der Waals surface area contributed by atoms with Gasteiger partial charge in [0, 0.05) is 51.5 Å². The van der Waals surface area contributed by atoms with E-state index in [1.807, 2.05) is 24.0 Å². The van der Waals surface area contributed by atoms with E-state index in [1.165, 1.54) is 12.1 Å². The Morgan fingerprint density at radius 2 is 1.75 bits per heavy atom. The molecule has 1 aromatic carbocycles. The topological polar surface area (TPSA) is 38.8 Å². The minimum Gasteiger partial charge on any atom is -0.369 e. The first-order valence-corrected chi connectivity index (χ1v) is 8.89. The molecule has 0 spiro atoms. The van der Waals surface area contributed by atoms with Gasteiger partial charge < -0.3 is 15.1 Å². The summed E-state index contributed by atoms with van der Waals surface area (Å²) in [6.07, 6.45) is 1.02. The number of piperazine rings is 1. The molecule has 0 bridgehead atoms. The average molecular weight is 334 g/mol. The molecule has 2 aliphatic rings. The van der Waals surface area contributed by atoms with Gasteiger partial charge >= 0.3 is 0 Å². The number of carbonyl (C=O) groups excluding carboxylic acids is 1. The van der Waals surface area contributed by atoms with Crippen LogP contribution >= 0.6 is 0 Å². The Balaban J connectivity index is 1.53. The van der Waals surface area contributed by atoms with E-state index in [0.717, 1.165) is 64.5 Å². The maximum absolute atomic E-state index is 13.0. The third-order valence-electron chi connectivity index (χ3n) is 5.06. The summed E-state index contributed by atoms with van der Waals surface area (Å²) in [7, 11) is 0. The van der Waals surface area contributed by atoms with Crippen molar-refractivity contribution in [2.24, 2.45) is 0 Å². The predicted octanol–water partition coefficient (Wildman–Crippen LogP) is 1.16. The van der Waals surface area contributed by atoms with Gasteiger partial charge in [-0.15, -0.1) is 0 Å². The van der Waals surface area contributed by atoms with Crippen molar-refractivity contribution in [1.82, 2.24) is 15.1 Å². The Morgan fingerprint density at radius 1 is 1.04 bits per heavy atom. The van der Waals surface area contributed by atoms with Crippen molar-refractivity contribution in [3.05, 3.63) is 30.1 Å². The number of amides is 1. The fraction of sp³-hybridized carbons (Fsp3) is 0.611. The fourth-order valence-corrected chi connectivity index (χ4v) is 3.51. The molecule has 132 valence electrons. The standard InChI is InChI=1S/C18H27FN4O/c1-15(18(24)23-9-2-7-20-8-10-23)21-11-13-22(14-12-21)17-5-3-16(19)4-6-17/h3-6,15,20H,2,7-14H2,1H3. The van der Waals surface area contributed by atoms with Gasteiger partial charge in [-0.25, -0.2) is 4.39 Å². The molecule has 0 radical (unpaired) electrons. The monoisotopic (exact) mass is 334 g/mol. The quantitative estimate of drug-likeness (QED) is 0.900. The number of rotatable bonds is 3. The number of benzene rings is 1. The Labute approximate surface area is 143 Å². The van der Waals surface area contributed by atoms with E-state index in [9.17, 15) is 9.18 Å². The Morgan fingerprint density at radius 3 is 2.46 bits per heavy atom. The van der Waals surface area contributed by atoms with Gasteiger partial charge in [-0.3, -0.25) is 9.69 Å². The summed E-state index contributed by atoms with van der Waals surface area (Å²) in [6, 6.07) is 6.58. The number of anilines is 1. The van der Waals surface area contributed by atoms with Gasteiger partial charge in [-0.05, 0) is 44.2 Å². The zero-order valence-electron chi connectivity index (χ0n) is 14.4. The predicted molar refractivity (Wildman–Crippen MR) is 93.7 cm³/mol. The van der Waals surface area contributed by atoms with Crippen LogP contribution in [0.4, 0.5) is 10.1 Å². The second kappa shape index (κ2) is 7.94. The van der Waals surface area contributed by atoms with Gasteiger partial charge in [-0.1, -0.05) is 0 Å². The molecule has 2 aliphatic heterocycles. The molecule has 5 nitrogen and oxygen atoms in total. The summed E-state index contributed by atoms with van der Waals surface area (Å²) in [5.41, 5.74) is 1.05. The van der Waals surface area contributed by atoms with Crippen molar-refractivity contribution in [2.75, 3.05) is 57.3 Å². The molecule has 1 amide bonds. The molecule has 2 heterocycles. The lowest BCUT2D eigenvalue weighted by Crippen LogP contribution is -2.55. The summed E-state index contributed by atoms with van der Waals surface area (Å²) in [6.45, 7) is 9.01. The lowest BCUT2D eigenvalue weighted by atomic mass is 10.1. The number of hydrogen-bond acceptors (Lipinski definition) is 4. The van der Waals surface area contributed by atoms with Crippen molar-refractivity contribution in [2.45, 2.75) is 19.4 Å². The fourth-order valence-electron chi connectivity index (χ4n) is 3.51. The Kier molecular flexibility index (Phi) is 5.68. The summed E-state index contributed by atoms with van der Waals surface area (Å²) in [5.74, 6) is 0.0393. The van der Waals surface area contributed by atoms with Crippen molar-refractivity contribution in [1.29, 1.82) is 0 Å². The van der Waals surface area contributed by atoms with E-state index in [1.54, 1.807) is 0 Å². The van der Waals surface area contributed by atoms with Gasteiger partial charge in [0.15, 0.2) is 0 Å². The van der Waals surface area contributed by atoms with Crippen LogP contribution in [-0.2, 0) is 4.79 Å². The highest BCUT2D eigenvalue weighted by Crippen LogP contribution is 2.18. The van der Waals surface area contributed by atoms with E-state index >= 15 is 0 Å². The summed E-state index contributed by atoms with van der Waals surface area (Å²) in [4.78, 5) is 19.3. The summed E-state index contributed by atoms with van der Waals surface area (Å²) < 4.78 is 13.0.